The quantitative estimate of drug-likeness (QED) is 0.225. The summed E-state index contributed by atoms with van der Waals surface area (Å²) < 4.78 is 15.4. The van der Waals surface area contributed by atoms with Crippen molar-refractivity contribution in [2.24, 2.45) is 0 Å². The third-order valence-corrected chi connectivity index (χ3v) is 2.84. The third kappa shape index (κ3) is 5.57. The van der Waals surface area contributed by atoms with E-state index in [0.717, 1.165) is 12.8 Å². The maximum atomic E-state index is 11.9. The van der Waals surface area contributed by atoms with Gasteiger partial charge in [0, 0.05) is 12.0 Å². The van der Waals surface area contributed by atoms with Crippen LogP contribution in [-0.2, 0) is 23.8 Å². The number of unbranched alkanes of at least 4 members (excludes halogenated alkanes) is 1. The van der Waals surface area contributed by atoms with E-state index in [2.05, 4.69) is 6.58 Å². The lowest BCUT2D eigenvalue weighted by molar-refractivity contribution is -0.139. The first-order valence-corrected chi connectivity index (χ1v) is 6.81. The van der Waals surface area contributed by atoms with Crippen molar-refractivity contribution >= 4 is 11.9 Å². The zero-order chi connectivity index (χ0) is 15.1. The van der Waals surface area contributed by atoms with Gasteiger partial charge in [-0.2, -0.15) is 0 Å². The number of esters is 2. The molecule has 0 radical (unpaired) electrons. The summed E-state index contributed by atoms with van der Waals surface area (Å²) in [6.07, 6.45) is 2.17. The second kappa shape index (κ2) is 7.85. The van der Waals surface area contributed by atoms with Gasteiger partial charge in [-0.25, -0.2) is 9.59 Å². The number of rotatable bonds is 8. The molecule has 112 valence electrons. The van der Waals surface area contributed by atoms with E-state index in [4.69, 9.17) is 14.2 Å². The fourth-order valence-corrected chi connectivity index (χ4v) is 1.39. The van der Waals surface area contributed by atoms with Gasteiger partial charge >= 0.3 is 11.9 Å². The molecule has 1 rings (SSSR count). The van der Waals surface area contributed by atoms with Crippen LogP contribution in [-0.4, -0.2) is 31.3 Å². The molecule has 1 saturated heterocycles. The number of carbonyl (C=O) groups is 2. The molecule has 20 heavy (non-hydrogen) atoms. The molecule has 1 unspecified atom stereocenters. The summed E-state index contributed by atoms with van der Waals surface area (Å²) in [6, 6.07) is 0. The number of hydrogen-bond donors (Lipinski definition) is 0. The Morgan fingerprint density at radius 2 is 1.95 bits per heavy atom. The molecule has 5 heteroatoms. The second-order valence-corrected chi connectivity index (χ2v) is 4.87. The smallest absolute Gasteiger partial charge is 0.338 e. The van der Waals surface area contributed by atoms with Gasteiger partial charge in [0.05, 0.1) is 24.9 Å². The SMILES string of the molecule is C=C(C)C(=O)O/C(CC1CO1)=C(/C)C(=O)OCCCC. The van der Waals surface area contributed by atoms with E-state index in [0.29, 0.717) is 31.0 Å². The van der Waals surface area contributed by atoms with Gasteiger partial charge in [0.25, 0.3) is 0 Å². The van der Waals surface area contributed by atoms with E-state index in [1.807, 2.05) is 6.92 Å². The van der Waals surface area contributed by atoms with Crippen LogP contribution >= 0.6 is 0 Å². The van der Waals surface area contributed by atoms with E-state index >= 15 is 0 Å². The highest BCUT2D eigenvalue weighted by molar-refractivity contribution is 5.91. The molecule has 0 saturated carbocycles. The van der Waals surface area contributed by atoms with Gasteiger partial charge in [-0.05, 0) is 20.3 Å². The molecule has 1 fully saturated rings. The average Bonchev–Trinajstić information content (AvgIpc) is 3.21. The molecular weight excluding hydrogens is 260 g/mol. The Labute approximate surface area is 119 Å². The van der Waals surface area contributed by atoms with Gasteiger partial charge in [-0.1, -0.05) is 19.9 Å². The molecule has 1 heterocycles. The Morgan fingerprint density at radius 1 is 1.30 bits per heavy atom. The minimum atomic E-state index is -0.540. The minimum absolute atomic E-state index is 0.0151. The second-order valence-electron chi connectivity index (χ2n) is 4.87. The molecule has 0 aliphatic carbocycles. The lowest BCUT2D eigenvalue weighted by Crippen LogP contribution is -2.14. The van der Waals surface area contributed by atoms with Crippen LogP contribution < -0.4 is 0 Å². The van der Waals surface area contributed by atoms with Crippen LogP contribution in [0.15, 0.2) is 23.5 Å². The Balaban J connectivity index is 2.71. The summed E-state index contributed by atoms with van der Waals surface area (Å²) in [7, 11) is 0. The molecule has 5 nitrogen and oxygen atoms in total. The Kier molecular flexibility index (Phi) is 6.45. The largest absolute Gasteiger partial charge is 0.462 e. The maximum absolute atomic E-state index is 11.9. The highest BCUT2D eigenvalue weighted by Crippen LogP contribution is 2.23. The van der Waals surface area contributed by atoms with E-state index in [-0.39, 0.29) is 11.7 Å². The van der Waals surface area contributed by atoms with Crippen LogP contribution in [0.25, 0.3) is 0 Å². The highest BCUT2D eigenvalue weighted by Gasteiger charge is 2.28. The molecule has 1 aliphatic rings. The monoisotopic (exact) mass is 282 g/mol. The van der Waals surface area contributed by atoms with Crippen LogP contribution in [0.2, 0.25) is 0 Å². The summed E-state index contributed by atoms with van der Waals surface area (Å²) >= 11 is 0. The van der Waals surface area contributed by atoms with E-state index in [9.17, 15) is 9.59 Å². The Hall–Kier alpha value is -1.62. The fraction of sp³-hybridized carbons (Fsp3) is 0.600. The first-order chi connectivity index (χ1) is 9.45. The van der Waals surface area contributed by atoms with Crippen molar-refractivity contribution in [3.05, 3.63) is 23.5 Å². The molecule has 0 spiro atoms. The average molecular weight is 282 g/mol. The molecule has 0 aromatic heterocycles. The summed E-state index contributed by atoms with van der Waals surface area (Å²) in [4.78, 5) is 23.5. The van der Waals surface area contributed by atoms with Crippen LogP contribution in [0.3, 0.4) is 0 Å². The van der Waals surface area contributed by atoms with Gasteiger partial charge < -0.3 is 14.2 Å². The molecule has 0 N–H and O–H groups in total. The van der Waals surface area contributed by atoms with Crippen LogP contribution in [0.4, 0.5) is 0 Å². The third-order valence-electron chi connectivity index (χ3n) is 2.84. The van der Waals surface area contributed by atoms with Crippen molar-refractivity contribution < 1.29 is 23.8 Å². The Bertz CT molecular complexity index is 418. The molecule has 1 atom stereocenters. The summed E-state index contributed by atoms with van der Waals surface area (Å²) in [5.74, 6) is -0.688. The predicted octanol–water partition coefficient (Wildman–Crippen LogP) is 2.51. The molecule has 0 amide bonds. The first-order valence-electron chi connectivity index (χ1n) is 6.81. The van der Waals surface area contributed by atoms with Gasteiger partial charge in [0.2, 0.25) is 0 Å². The fourth-order valence-electron chi connectivity index (χ4n) is 1.39. The normalized spacial score (nSPS) is 18.1. The van der Waals surface area contributed by atoms with Crippen molar-refractivity contribution in [2.75, 3.05) is 13.2 Å². The zero-order valence-corrected chi connectivity index (χ0v) is 12.4. The van der Waals surface area contributed by atoms with Crippen molar-refractivity contribution in [3.8, 4) is 0 Å². The van der Waals surface area contributed by atoms with Gasteiger partial charge in [-0.15, -0.1) is 0 Å². The number of ether oxygens (including phenoxy) is 3. The van der Waals surface area contributed by atoms with E-state index < -0.39 is 11.9 Å². The minimum Gasteiger partial charge on any atom is -0.462 e. The summed E-state index contributed by atoms with van der Waals surface area (Å²) in [5, 5.41) is 0. The maximum Gasteiger partial charge on any atom is 0.338 e. The van der Waals surface area contributed by atoms with E-state index in [1.165, 1.54) is 0 Å². The lowest BCUT2D eigenvalue weighted by atomic mass is 10.1. The van der Waals surface area contributed by atoms with Crippen molar-refractivity contribution in [2.45, 2.75) is 46.1 Å². The number of carbonyl (C=O) groups excluding carboxylic acids is 2. The van der Waals surface area contributed by atoms with Crippen molar-refractivity contribution in [1.82, 2.24) is 0 Å². The lowest BCUT2D eigenvalue weighted by Gasteiger charge is -2.11. The van der Waals surface area contributed by atoms with Gasteiger partial charge in [0.1, 0.15) is 5.76 Å². The van der Waals surface area contributed by atoms with Crippen molar-refractivity contribution in [1.29, 1.82) is 0 Å². The standard InChI is InChI=1S/C15H22O5/c1-5-6-7-18-15(17)11(4)13(8-12-9-19-12)20-14(16)10(2)3/h12H,2,5-9H2,1,3-4H3/b13-11-. The van der Waals surface area contributed by atoms with Crippen LogP contribution in [0, 0.1) is 0 Å². The molecule has 1 aliphatic heterocycles. The molecular formula is C15H22O5. The molecule has 0 aromatic rings. The number of epoxide rings is 1. The van der Waals surface area contributed by atoms with Gasteiger partial charge in [-0.3, -0.25) is 0 Å². The van der Waals surface area contributed by atoms with Crippen molar-refractivity contribution in [3.63, 3.8) is 0 Å². The number of hydrogen-bond acceptors (Lipinski definition) is 5. The zero-order valence-electron chi connectivity index (χ0n) is 12.4. The van der Waals surface area contributed by atoms with E-state index in [1.54, 1.807) is 13.8 Å². The summed E-state index contributed by atoms with van der Waals surface area (Å²) in [6.45, 7) is 9.68. The summed E-state index contributed by atoms with van der Waals surface area (Å²) in [5.41, 5.74) is 0.595. The Morgan fingerprint density at radius 3 is 2.45 bits per heavy atom. The predicted molar refractivity (Wildman–Crippen MR) is 73.8 cm³/mol. The van der Waals surface area contributed by atoms with Crippen LogP contribution in [0.1, 0.15) is 40.0 Å². The van der Waals surface area contributed by atoms with Gasteiger partial charge in [0.15, 0.2) is 0 Å². The molecule has 0 aromatic carbocycles. The highest BCUT2D eigenvalue weighted by atomic mass is 16.6. The molecule has 0 bridgehead atoms. The van der Waals surface area contributed by atoms with Crippen LogP contribution in [0.5, 0.6) is 0 Å². The first kappa shape index (κ1) is 16.4. The topological polar surface area (TPSA) is 65.1 Å².